The van der Waals surface area contributed by atoms with E-state index in [1.54, 1.807) is 30.3 Å². The molecule has 0 radical (unpaired) electrons. The first-order chi connectivity index (χ1) is 18.3. The maximum absolute atomic E-state index is 13.8. The predicted octanol–water partition coefficient (Wildman–Crippen LogP) is 5.67. The fourth-order valence-electron chi connectivity index (χ4n) is 4.10. The highest BCUT2D eigenvalue weighted by molar-refractivity contribution is 7.89. The third-order valence-corrected chi connectivity index (χ3v) is 9.05. The summed E-state index contributed by atoms with van der Waals surface area (Å²) in [6.07, 6.45) is 1.69. The van der Waals surface area contributed by atoms with Gasteiger partial charge < -0.3 is 0 Å². The normalized spacial score (nSPS) is 11.7. The largest absolute Gasteiger partial charge is 0.278 e. The van der Waals surface area contributed by atoms with Gasteiger partial charge in [-0.25, -0.2) is 13.4 Å². The number of rotatable bonds is 8. The van der Waals surface area contributed by atoms with Crippen LogP contribution in [0, 0.1) is 6.92 Å². The number of thiazole rings is 1. The van der Waals surface area contributed by atoms with Gasteiger partial charge in [-0.3, -0.25) is 14.7 Å². The lowest BCUT2D eigenvalue weighted by atomic mass is 10.2. The van der Waals surface area contributed by atoms with Crippen LogP contribution < -0.4 is 4.90 Å². The van der Waals surface area contributed by atoms with Gasteiger partial charge in [-0.15, -0.1) is 0 Å². The smallest absolute Gasteiger partial charge is 0.260 e. The highest BCUT2D eigenvalue weighted by Gasteiger charge is 2.25. The molecule has 0 aliphatic heterocycles. The number of anilines is 1. The molecule has 0 N–H and O–H groups in total. The number of aromatic nitrogens is 2. The Kier molecular flexibility index (Phi) is 7.33. The molecule has 0 unspecified atom stereocenters. The molecule has 3 aromatic carbocycles. The van der Waals surface area contributed by atoms with E-state index in [0.29, 0.717) is 10.7 Å². The van der Waals surface area contributed by atoms with Gasteiger partial charge in [0.05, 0.1) is 27.4 Å². The molecule has 38 heavy (non-hydrogen) atoms. The van der Waals surface area contributed by atoms with Crippen LogP contribution in [0.3, 0.4) is 0 Å². The van der Waals surface area contributed by atoms with Crippen molar-refractivity contribution in [3.63, 3.8) is 0 Å². The summed E-state index contributed by atoms with van der Waals surface area (Å²) < 4.78 is 28.6. The number of pyridine rings is 1. The minimum atomic E-state index is -3.73. The van der Waals surface area contributed by atoms with Gasteiger partial charge in [0.2, 0.25) is 10.0 Å². The van der Waals surface area contributed by atoms with Crippen LogP contribution in [0.25, 0.3) is 10.2 Å². The zero-order chi connectivity index (χ0) is 26.7. The minimum Gasteiger partial charge on any atom is -0.278 e. The van der Waals surface area contributed by atoms with E-state index in [2.05, 4.69) is 4.98 Å². The molecular weight excluding hydrogens is 516 g/mol. The molecule has 5 aromatic rings. The Morgan fingerprint density at radius 1 is 0.868 bits per heavy atom. The molecule has 9 heteroatoms. The van der Waals surface area contributed by atoms with Crippen molar-refractivity contribution in [2.45, 2.75) is 24.9 Å². The predicted molar refractivity (Wildman–Crippen MR) is 151 cm³/mol. The topological polar surface area (TPSA) is 83.5 Å². The minimum absolute atomic E-state index is 0.124. The summed E-state index contributed by atoms with van der Waals surface area (Å²) in [5.74, 6) is -0.283. The SMILES string of the molecule is Cc1cccc2sc(N(Cc3ccccn3)C(=O)c3ccc(S(=O)(=O)N(C)Cc4ccccc4)cc3)nc12. The van der Waals surface area contributed by atoms with E-state index in [-0.39, 0.29) is 23.9 Å². The van der Waals surface area contributed by atoms with E-state index in [1.165, 1.54) is 27.8 Å². The maximum Gasteiger partial charge on any atom is 0.260 e. The van der Waals surface area contributed by atoms with Crippen LogP contribution in [0.4, 0.5) is 5.13 Å². The fraction of sp³-hybridized carbons (Fsp3) is 0.138. The van der Waals surface area contributed by atoms with Crippen molar-refractivity contribution in [3.05, 3.63) is 120 Å². The maximum atomic E-state index is 13.8. The number of nitrogens with zero attached hydrogens (tertiary/aromatic N) is 4. The first kappa shape index (κ1) is 25.7. The molecule has 5 rings (SSSR count). The van der Waals surface area contributed by atoms with Crippen LogP contribution in [0.2, 0.25) is 0 Å². The molecule has 2 aromatic heterocycles. The lowest BCUT2D eigenvalue weighted by Gasteiger charge is -2.20. The molecule has 0 fully saturated rings. The number of hydrogen-bond acceptors (Lipinski definition) is 6. The van der Waals surface area contributed by atoms with Crippen molar-refractivity contribution in [1.29, 1.82) is 0 Å². The van der Waals surface area contributed by atoms with Gasteiger partial charge in [-0.1, -0.05) is 59.9 Å². The molecule has 0 spiro atoms. The molecule has 2 heterocycles. The second-order valence-corrected chi connectivity index (χ2v) is 12.0. The standard InChI is InChI=1S/C29H26N4O3S2/c1-21-9-8-13-26-27(21)31-29(37-26)33(20-24-12-6-7-18-30-24)28(34)23-14-16-25(17-15-23)38(35,36)32(2)19-22-10-4-3-5-11-22/h3-18H,19-20H2,1-2H3. The number of sulfonamides is 1. The van der Waals surface area contributed by atoms with Gasteiger partial charge in [0.1, 0.15) is 0 Å². The van der Waals surface area contributed by atoms with Gasteiger partial charge in [0.15, 0.2) is 5.13 Å². The lowest BCUT2D eigenvalue weighted by molar-refractivity contribution is 0.0984. The average molecular weight is 543 g/mol. The lowest BCUT2D eigenvalue weighted by Crippen LogP contribution is -2.31. The summed E-state index contributed by atoms with van der Waals surface area (Å²) in [7, 11) is -2.19. The molecule has 0 aliphatic carbocycles. The second kappa shape index (κ2) is 10.8. The Bertz CT molecular complexity index is 1670. The van der Waals surface area contributed by atoms with Crippen molar-refractivity contribution in [2.75, 3.05) is 11.9 Å². The molecule has 7 nitrogen and oxygen atoms in total. The summed E-state index contributed by atoms with van der Waals surface area (Å²) in [5, 5.41) is 0.559. The van der Waals surface area contributed by atoms with E-state index in [9.17, 15) is 13.2 Å². The van der Waals surface area contributed by atoms with Crippen LogP contribution in [-0.2, 0) is 23.1 Å². The summed E-state index contributed by atoms with van der Waals surface area (Å²) in [6.45, 7) is 2.47. The zero-order valence-electron chi connectivity index (χ0n) is 21.0. The third-order valence-electron chi connectivity index (χ3n) is 6.19. The highest BCUT2D eigenvalue weighted by Crippen LogP contribution is 2.32. The first-order valence-corrected chi connectivity index (χ1v) is 14.3. The molecule has 0 aliphatic rings. The van der Waals surface area contributed by atoms with Gasteiger partial charge in [0.25, 0.3) is 5.91 Å². The van der Waals surface area contributed by atoms with Gasteiger partial charge in [0, 0.05) is 25.4 Å². The summed E-state index contributed by atoms with van der Waals surface area (Å²) in [6, 6.07) is 27.0. The molecule has 0 saturated heterocycles. The molecule has 0 bridgehead atoms. The summed E-state index contributed by atoms with van der Waals surface area (Å²) in [4.78, 5) is 24.6. The molecule has 1 amide bonds. The Labute approximate surface area is 226 Å². The van der Waals surface area contributed by atoms with Gasteiger partial charge in [-0.2, -0.15) is 4.31 Å². The van der Waals surface area contributed by atoms with Crippen molar-refractivity contribution in [1.82, 2.24) is 14.3 Å². The Balaban J connectivity index is 1.44. The number of carbonyl (C=O) groups excluding carboxylic acids is 1. The van der Waals surface area contributed by atoms with E-state index in [0.717, 1.165) is 27.0 Å². The summed E-state index contributed by atoms with van der Waals surface area (Å²) in [5.41, 5.74) is 3.86. The Morgan fingerprint density at radius 3 is 2.29 bits per heavy atom. The quantitative estimate of drug-likeness (QED) is 0.252. The zero-order valence-corrected chi connectivity index (χ0v) is 22.6. The number of fused-ring (bicyclic) bond motifs is 1. The second-order valence-electron chi connectivity index (χ2n) is 8.90. The fourth-order valence-corrected chi connectivity index (χ4v) is 6.30. The Morgan fingerprint density at radius 2 is 1.61 bits per heavy atom. The Hall–Kier alpha value is -3.92. The van der Waals surface area contributed by atoms with Crippen molar-refractivity contribution < 1.29 is 13.2 Å². The van der Waals surface area contributed by atoms with E-state index < -0.39 is 10.0 Å². The molecule has 0 atom stereocenters. The average Bonchev–Trinajstić information content (AvgIpc) is 3.38. The van der Waals surface area contributed by atoms with Crippen LogP contribution in [0.15, 0.2) is 102 Å². The number of aryl methyl sites for hydroxylation is 1. The van der Waals surface area contributed by atoms with Crippen molar-refractivity contribution >= 4 is 42.6 Å². The number of para-hydroxylation sites is 1. The van der Waals surface area contributed by atoms with Crippen molar-refractivity contribution in [3.8, 4) is 0 Å². The number of carbonyl (C=O) groups is 1. The molecule has 0 saturated carbocycles. The number of benzene rings is 3. The van der Waals surface area contributed by atoms with Crippen LogP contribution in [-0.4, -0.2) is 35.6 Å². The van der Waals surface area contributed by atoms with E-state index >= 15 is 0 Å². The molecular formula is C29H26N4O3S2. The van der Waals surface area contributed by atoms with Crippen LogP contribution in [0.5, 0.6) is 0 Å². The summed E-state index contributed by atoms with van der Waals surface area (Å²) >= 11 is 1.44. The van der Waals surface area contributed by atoms with Crippen LogP contribution in [0.1, 0.15) is 27.2 Å². The monoisotopic (exact) mass is 542 g/mol. The van der Waals surface area contributed by atoms with E-state index in [4.69, 9.17) is 4.98 Å². The molecule has 192 valence electrons. The first-order valence-electron chi connectivity index (χ1n) is 12.0. The van der Waals surface area contributed by atoms with Crippen LogP contribution >= 0.6 is 11.3 Å². The third kappa shape index (κ3) is 5.35. The van der Waals surface area contributed by atoms with Crippen molar-refractivity contribution in [2.24, 2.45) is 0 Å². The van der Waals surface area contributed by atoms with Gasteiger partial charge in [-0.05, 0) is 60.5 Å². The van der Waals surface area contributed by atoms with Gasteiger partial charge >= 0.3 is 0 Å². The highest BCUT2D eigenvalue weighted by atomic mass is 32.2. The van der Waals surface area contributed by atoms with E-state index in [1.807, 2.05) is 73.7 Å². The number of amides is 1. The number of hydrogen-bond donors (Lipinski definition) is 0.